The number of H-pyrrole nitrogens is 1. The highest BCUT2D eigenvalue weighted by Crippen LogP contribution is 2.33. The molecule has 5 nitrogen and oxygen atoms in total. The molecule has 0 spiro atoms. The molecule has 3 aromatic rings. The maximum absolute atomic E-state index is 12.9. The quantitative estimate of drug-likeness (QED) is 0.701. The fourth-order valence-corrected chi connectivity index (χ4v) is 5.30. The van der Waals surface area contributed by atoms with E-state index in [0.29, 0.717) is 34.7 Å². The summed E-state index contributed by atoms with van der Waals surface area (Å²) in [6.45, 7) is 1.02. The molecule has 1 saturated heterocycles. The lowest BCUT2D eigenvalue weighted by Crippen LogP contribution is -2.37. The van der Waals surface area contributed by atoms with Crippen molar-refractivity contribution in [2.24, 2.45) is 0 Å². The van der Waals surface area contributed by atoms with E-state index in [1.54, 1.807) is 35.7 Å². The third kappa shape index (κ3) is 3.57. The first-order chi connectivity index (χ1) is 13.0. The highest BCUT2D eigenvalue weighted by Gasteiger charge is 2.30. The van der Waals surface area contributed by atoms with Crippen molar-refractivity contribution in [2.45, 2.75) is 23.7 Å². The lowest BCUT2D eigenvalue weighted by Gasteiger charge is -2.30. The van der Waals surface area contributed by atoms with E-state index in [1.165, 1.54) is 0 Å². The third-order valence-corrected chi connectivity index (χ3v) is 7.34. The van der Waals surface area contributed by atoms with Crippen LogP contribution in [0.1, 0.15) is 24.5 Å². The number of fused-ring (bicyclic) bond motifs is 1. The maximum atomic E-state index is 12.9. The number of hydrogen-bond acceptors (Lipinski definition) is 3. The van der Waals surface area contributed by atoms with Crippen LogP contribution in [0.25, 0.3) is 10.9 Å². The topological polar surface area (TPSA) is 62.4 Å². The number of aromatic amines is 1. The second-order valence-electron chi connectivity index (χ2n) is 6.81. The zero-order valence-electron chi connectivity index (χ0n) is 15.0. The van der Waals surface area contributed by atoms with Gasteiger partial charge >= 0.3 is 0 Å². The summed E-state index contributed by atoms with van der Waals surface area (Å²) in [6.07, 6.45) is 1.58. The van der Waals surface area contributed by atoms with Gasteiger partial charge in [0.15, 0.2) is 0 Å². The fourth-order valence-electron chi connectivity index (χ4n) is 3.65. The van der Waals surface area contributed by atoms with Gasteiger partial charge in [0.2, 0.25) is 10.0 Å². The lowest BCUT2D eigenvalue weighted by atomic mass is 9.95. The number of nitrogens with zero attached hydrogens (tertiary/aromatic N) is 1. The predicted molar refractivity (Wildman–Crippen MR) is 107 cm³/mol. The molecule has 2 aromatic carbocycles. The van der Waals surface area contributed by atoms with Gasteiger partial charge in [0.25, 0.3) is 0 Å². The minimum absolute atomic E-state index is 0.307. The molecule has 1 aliphatic rings. The molecule has 2 heterocycles. The second-order valence-corrected chi connectivity index (χ2v) is 9.18. The Bertz CT molecular complexity index is 1050. The van der Waals surface area contributed by atoms with Gasteiger partial charge in [0.05, 0.1) is 12.0 Å². The summed E-state index contributed by atoms with van der Waals surface area (Å²) in [6, 6.07) is 14.5. The number of hydrogen-bond donors (Lipinski definition) is 1. The molecule has 27 heavy (non-hydrogen) atoms. The summed E-state index contributed by atoms with van der Waals surface area (Å²) >= 11 is 6.07. The van der Waals surface area contributed by atoms with Crippen LogP contribution in [-0.2, 0) is 10.0 Å². The monoisotopic (exact) mass is 404 g/mol. The number of halogens is 1. The van der Waals surface area contributed by atoms with Gasteiger partial charge in [-0.2, -0.15) is 4.31 Å². The van der Waals surface area contributed by atoms with Crippen molar-refractivity contribution in [3.63, 3.8) is 0 Å². The van der Waals surface area contributed by atoms with Crippen molar-refractivity contribution < 1.29 is 13.2 Å². The number of piperidine rings is 1. The Kier molecular flexibility index (Phi) is 4.88. The molecular formula is C20H21ClN2O3S. The van der Waals surface area contributed by atoms with Gasteiger partial charge in [-0.3, -0.25) is 0 Å². The second kappa shape index (κ2) is 7.19. The molecule has 4 rings (SSSR count). The average molecular weight is 405 g/mol. The summed E-state index contributed by atoms with van der Waals surface area (Å²) in [5, 5.41) is 1.80. The number of aromatic nitrogens is 1. The maximum Gasteiger partial charge on any atom is 0.243 e. The van der Waals surface area contributed by atoms with Crippen LogP contribution in [0.2, 0.25) is 5.02 Å². The van der Waals surface area contributed by atoms with Gasteiger partial charge in [0, 0.05) is 40.6 Å². The van der Waals surface area contributed by atoms with Gasteiger partial charge in [-0.25, -0.2) is 8.42 Å². The molecule has 0 bridgehead atoms. The smallest absolute Gasteiger partial charge is 0.243 e. The minimum Gasteiger partial charge on any atom is -0.497 e. The van der Waals surface area contributed by atoms with Crippen molar-refractivity contribution >= 4 is 32.5 Å². The van der Waals surface area contributed by atoms with Crippen molar-refractivity contribution in [1.29, 1.82) is 0 Å². The summed E-state index contributed by atoms with van der Waals surface area (Å²) in [4.78, 5) is 3.76. The Morgan fingerprint density at radius 3 is 2.44 bits per heavy atom. The van der Waals surface area contributed by atoms with Crippen molar-refractivity contribution in [2.75, 3.05) is 20.2 Å². The van der Waals surface area contributed by atoms with Crippen LogP contribution in [0.5, 0.6) is 5.75 Å². The molecule has 0 atom stereocenters. The van der Waals surface area contributed by atoms with Gasteiger partial charge in [-0.15, -0.1) is 0 Å². The first-order valence-corrected chi connectivity index (χ1v) is 10.7. The number of methoxy groups -OCH3 is 1. The zero-order valence-corrected chi connectivity index (χ0v) is 16.6. The minimum atomic E-state index is -3.47. The van der Waals surface area contributed by atoms with E-state index in [0.717, 1.165) is 29.4 Å². The Morgan fingerprint density at radius 1 is 1.07 bits per heavy atom. The Labute approximate surface area is 164 Å². The molecule has 0 aliphatic carbocycles. The number of ether oxygens (including phenoxy) is 1. The van der Waals surface area contributed by atoms with E-state index >= 15 is 0 Å². The van der Waals surface area contributed by atoms with Crippen molar-refractivity contribution in [3.05, 3.63) is 59.2 Å². The van der Waals surface area contributed by atoms with Gasteiger partial charge in [-0.05, 0) is 61.4 Å². The van der Waals surface area contributed by atoms with E-state index in [4.69, 9.17) is 16.3 Å². The Hall–Kier alpha value is -2.02. The molecule has 0 amide bonds. The highest BCUT2D eigenvalue weighted by molar-refractivity contribution is 7.89. The molecule has 0 unspecified atom stereocenters. The molecule has 0 radical (unpaired) electrons. The van der Waals surface area contributed by atoms with Crippen LogP contribution in [0.15, 0.2) is 53.4 Å². The van der Waals surface area contributed by atoms with Crippen LogP contribution in [-0.4, -0.2) is 37.9 Å². The van der Waals surface area contributed by atoms with Crippen LogP contribution in [0, 0.1) is 0 Å². The van der Waals surface area contributed by atoms with Crippen molar-refractivity contribution in [1.82, 2.24) is 9.29 Å². The SMILES string of the molecule is COc1ccc(S(=O)(=O)N2CCC(c3cc4cc(Cl)ccc4[nH]3)CC2)cc1. The van der Waals surface area contributed by atoms with Gasteiger partial charge in [-0.1, -0.05) is 11.6 Å². The summed E-state index contributed by atoms with van der Waals surface area (Å²) in [5.74, 6) is 0.963. The average Bonchev–Trinajstić information content (AvgIpc) is 3.11. The lowest BCUT2D eigenvalue weighted by molar-refractivity contribution is 0.317. The number of nitrogens with one attached hydrogen (secondary N) is 1. The fraction of sp³-hybridized carbons (Fsp3) is 0.300. The normalized spacial score (nSPS) is 16.7. The molecule has 1 N–H and O–H groups in total. The molecular weight excluding hydrogens is 384 g/mol. The molecule has 7 heteroatoms. The molecule has 1 aromatic heterocycles. The molecule has 142 valence electrons. The van der Waals surface area contributed by atoms with E-state index in [9.17, 15) is 8.42 Å². The first kappa shape index (κ1) is 18.3. The molecule has 1 fully saturated rings. The Balaban J connectivity index is 1.48. The standard InChI is InChI=1S/C20H21ClN2O3S/c1-26-17-3-5-18(6-4-17)27(24,25)23-10-8-14(9-11-23)20-13-15-12-16(21)2-7-19(15)22-20/h2-7,12-14,22H,8-11H2,1H3. The van der Waals surface area contributed by atoms with Gasteiger partial charge < -0.3 is 9.72 Å². The number of benzene rings is 2. The molecule has 1 aliphatic heterocycles. The first-order valence-electron chi connectivity index (χ1n) is 8.90. The number of rotatable bonds is 4. The summed E-state index contributed by atoms with van der Waals surface area (Å²) in [7, 11) is -1.91. The van der Waals surface area contributed by atoms with E-state index < -0.39 is 10.0 Å². The largest absolute Gasteiger partial charge is 0.497 e. The summed E-state index contributed by atoms with van der Waals surface area (Å²) < 4.78 is 32.4. The van der Waals surface area contributed by atoms with E-state index in [-0.39, 0.29) is 0 Å². The van der Waals surface area contributed by atoms with Gasteiger partial charge in [0.1, 0.15) is 5.75 Å². The van der Waals surface area contributed by atoms with Crippen molar-refractivity contribution in [3.8, 4) is 5.75 Å². The van der Waals surface area contributed by atoms with E-state index in [1.807, 2.05) is 18.2 Å². The van der Waals surface area contributed by atoms with Crippen LogP contribution in [0.3, 0.4) is 0 Å². The van der Waals surface area contributed by atoms with Crippen LogP contribution < -0.4 is 4.74 Å². The molecule has 0 saturated carbocycles. The number of sulfonamides is 1. The van der Waals surface area contributed by atoms with Crippen LogP contribution >= 0.6 is 11.6 Å². The predicted octanol–water partition coefficient (Wildman–Crippen LogP) is 4.40. The van der Waals surface area contributed by atoms with E-state index in [2.05, 4.69) is 11.1 Å². The van der Waals surface area contributed by atoms with Crippen LogP contribution in [0.4, 0.5) is 0 Å². The highest BCUT2D eigenvalue weighted by atomic mass is 35.5. The Morgan fingerprint density at radius 2 is 1.78 bits per heavy atom. The third-order valence-electron chi connectivity index (χ3n) is 5.19. The zero-order chi connectivity index (χ0) is 19.0. The summed E-state index contributed by atoms with van der Waals surface area (Å²) in [5.41, 5.74) is 2.21.